The van der Waals surface area contributed by atoms with Crippen LogP contribution in [0.1, 0.15) is 54.9 Å². The molecular formula is C11H27NO. The molecule has 0 radical (unpaired) electrons. The second kappa shape index (κ2) is 14.0. The Labute approximate surface area is 84.1 Å². The van der Waals surface area contributed by atoms with Crippen molar-refractivity contribution in [1.29, 1.82) is 0 Å². The highest BCUT2D eigenvalue weighted by Crippen LogP contribution is 2.08. The molecule has 13 heavy (non-hydrogen) atoms. The van der Waals surface area contributed by atoms with Crippen molar-refractivity contribution in [3.05, 3.63) is 0 Å². The topological polar surface area (TPSA) is 29.1 Å². The maximum atomic E-state index is 10.7. The first-order valence-corrected chi connectivity index (χ1v) is 5.08. The summed E-state index contributed by atoms with van der Waals surface area (Å²) in [5.74, 6) is 0.472. The minimum absolute atomic E-state index is 0. The largest absolute Gasteiger partial charge is 0.356 e. The summed E-state index contributed by atoms with van der Waals surface area (Å²) in [5.41, 5.74) is 0. The van der Waals surface area contributed by atoms with Gasteiger partial charge in [-0.2, -0.15) is 0 Å². The van der Waals surface area contributed by atoms with E-state index in [9.17, 15) is 4.79 Å². The number of hydrogen-bond donors (Lipinski definition) is 1. The predicted molar refractivity (Wildman–Crippen MR) is 60.8 cm³/mol. The lowest BCUT2D eigenvalue weighted by molar-refractivity contribution is -0.125. The lowest BCUT2D eigenvalue weighted by Crippen LogP contribution is -2.34. The second-order valence-corrected chi connectivity index (χ2v) is 2.33. The Morgan fingerprint density at radius 3 is 1.92 bits per heavy atom. The summed E-state index contributed by atoms with van der Waals surface area (Å²) >= 11 is 0. The summed E-state index contributed by atoms with van der Waals surface area (Å²) in [4.78, 5) is 10.7. The molecule has 1 atom stereocenters. The number of amides is 1. The van der Waals surface area contributed by atoms with Crippen LogP contribution < -0.4 is 5.32 Å². The van der Waals surface area contributed by atoms with E-state index in [-0.39, 0.29) is 19.3 Å². The molecule has 0 aromatic rings. The smallest absolute Gasteiger partial charge is 0.222 e. The maximum Gasteiger partial charge on any atom is 0.222 e. The number of rotatable bonds is 0. The van der Waals surface area contributed by atoms with E-state index in [1.54, 1.807) is 0 Å². The highest BCUT2D eigenvalue weighted by molar-refractivity contribution is 5.78. The van der Waals surface area contributed by atoms with Crippen LogP contribution in [0.5, 0.6) is 0 Å². The molecule has 0 saturated carbocycles. The van der Waals surface area contributed by atoms with Gasteiger partial charge >= 0.3 is 0 Å². The lowest BCUT2D eigenvalue weighted by Gasteiger charge is -2.16. The van der Waals surface area contributed by atoms with Crippen molar-refractivity contribution in [1.82, 2.24) is 5.32 Å². The molecule has 82 valence electrons. The van der Waals surface area contributed by atoms with E-state index in [4.69, 9.17) is 0 Å². The molecule has 2 heteroatoms. The molecule has 1 fully saturated rings. The van der Waals surface area contributed by atoms with Gasteiger partial charge in [0.05, 0.1) is 0 Å². The highest BCUT2D eigenvalue weighted by Gasteiger charge is 2.15. The summed E-state index contributed by atoms with van der Waals surface area (Å²) in [6.07, 6.45) is 2.21. The summed E-state index contributed by atoms with van der Waals surface area (Å²) in [6, 6.07) is 0. The molecule has 0 aromatic carbocycles. The van der Waals surface area contributed by atoms with Crippen molar-refractivity contribution < 1.29 is 4.79 Å². The third-order valence-electron chi connectivity index (χ3n) is 1.56. The zero-order valence-corrected chi connectivity index (χ0v) is 9.11. The lowest BCUT2D eigenvalue weighted by atomic mass is 10.0. The average molecular weight is 189 g/mol. The fourth-order valence-electron chi connectivity index (χ4n) is 0.925. The number of nitrogens with one attached hydrogen (secondary N) is 1. The van der Waals surface area contributed by atoms with Crippen LogP contribution in [-0.4, -0.2) is 12.5 Å². The third-order valence-corrected chi connectivity index (χ3v) is 1.56. The molecule has 1 aliphatic rings. The zero-order chi connectivity index (χ0) is 9.98. The van der Waals surface area contributed by atoms with Gasteiger partial charge in [-0.1, -0.05) is 42.0 Å². The zero-order valence-electron chi connectivity index (χ0n) is 9.11. The van der Waals surface area contributed by atoms with Gasteiger partial charge in [-0.05, 0) is 12.8 Å². The molecule has 1 heterocycles. The van der Waals surface area contributed by atoms with Crippen LogP contribution in [0.4, 0.5) is 0 Å². The second-order valence-electron chi connectivity index (χ2n) is 2.33. The Kier molecular flexibility index (Phi) is 19.7. The van der Waals surface area contributed by atoms with Crippen LogP contribution in [0, 0.1) is 5.92 Å². The van der Waals surface area contributed by atoms with Gasteiger partial charge in [-0.3, -0.25) is 4.79 Å². The minimum Gasteiger partial charge on any atom is -0.356 e. The van der Waals surface area contributed by atoms with E-state index >= 15 is 0 Å². The van der Waals surface area contributed by atoms with Gasteiger partial charge in [-0.15, -0.1) is 0 Å². The quantitative estimate of drug-likeness (QED) is 0.623. The fourth-order valence-corrected chi connectivity index (χ4v) is 0.925. The molecule has 0 aromatic heterocycles. The van der Waals surface area contributed by atoms with E-state index < -0.39 is 0 Å². The summed E-state index contributed by atoms with van der Waals surface area (Å²) in [5, 5.41) is 2.79. The first-order chi connectivity index (χ1) is 5.80. The molecule has 1 unspecified atom stereocenters. The Balaban J connectivity index is -0.000000178. The van der Waals surface area contributed by atoms with E-state index in [0.29, 0.717) is 0 Å². The Morgan fingerprint density at radius 1 is 1.23 bits per heavy atom. The third kappa shape index (κ3) is 9.38. The molecule has 1 N–H and O–H groups in total. The molecule has 2 nitrogen and oxygen atoms in total. The van der Waals surface area contributed by atoms with E-state index in [0.717, 1.165) is 19.4 Å². The highest BCUT2D eigenvalue weighted by atomic mass is 16.1. The van der Waals surface area contributed by atoms with Crippen LogP contribution >= 0.6 is 0 Å². The Hall–Kier alpha value is -0.530. The summed E-state index contributed by atoms with van der Waals surface area (Å²) in [6.45, 7) is 10.8. The summed E-state index contributed by atoms with van der Waals surface area (Å²) in [7, 11) is 0. The van der Waals surface area contributed by atoms with Gasteiger partial charge in [0.25, 0.3) is 0 Å². The van der Waals surface area contributed by atoms with Crippen molar-refractivity contribution in [3.63, 3.8) is 0 Å². The van der Waals surface area contributed by atoms with Crippen LogP contribution in [-0.2, 0) is 4.79 Å². The monoisotopic (exact) mass is 189 g/mol. The van der Waals surface area contributed by atoms with E-state index in [1.807, 2.05) is 34.6 Å². The first kappa shape index (κ1) is 18.3. The standard InChI is InChI=1S/C6H11NO.2C2H6.CH4/c1-5-3-2-4-7-6(5)8;2*1-2;/h5H,2-4H2,1H3,(H,7,8);2*1-2H3;1H4. The van der Waals surface area contributed by atoms with Gasteiger partial charge in [-0.25, -0.2) is 0 Å². The summed E-state index contributed by atoms with van der Waals surface area (Å²) < 4.78 is 0. The maximum absolute atomic E-state index is 10.7. The van der Waals surface area contributed by atoms with Crippen molar-refractivity contribution in [2.75, 3.05) is 6.54 Å². The van der Waals surface area contributed by atoms with Crippen LogP contribution in [0.15, 0.2) is 0 Å². The van der Waals surface area contributed by atoms with Crippen molar-refractivity contribution in [3.8, 4) is 0 Å². The van der Waals surface area contributed by atoms with Gasteiger partial charge in [0.2, 0.25) is 5.91 Å². The number of carbonyl (C=O) groups excluding carboxylic acids is 1. The van der Waals surface area contributed by atoms with Gasteiger partial charge < -0.3 is 5.32 Å². The van der Waals surface area contributed by atoms with Gasteiger partial charge in [0.1, 0.15) is 0 Å². The molecule has 1 aliphatic heterocycles. The fraction of sp³-hybridized carbons (Fsp3) is 0.909. The molecule has 1 rings (SSSR count). The molecule has 1 amide bonds. The number of carbonyl (C=O) groups is 1. The van der Waals surface area contributed by atoms with Crippen LogP contribution in [0.25, 0.3) is 0 Å². The molecule has 0 spiro atoms. The van der Waals surface area contributed by atoms with Crippen molar-refractivity contribution in [2.24, 2.45) is 5.92 Å². The molecule has 1 saturated heterocycles. The molecular weight excluding hydrogens is 162 g/mol. The first-order valence-electron chi connectivity index (χ1n) is 5.08. The average Bonchev–Trinajstić information content (AvgIpc) is 2.17. The minimum atomic E-state index is 0. The number of piperidine rings is 1. The van der Waals surface area contributed by atoms with E-state index in [2.05, 4.69) is 5.32 Å². The van der Waals surface area contributed by atoms with Crippen molar-refractivity contribution >= 4 is 5.91 Å². The van der Waals surface area contributed by atoms with E-state index in [1.165, 1.54) is 0 Å². The molecule has 0 aliphatic carbocycles. The van der Waals surface area contributed by atoms with Gasteiger partial charge in [0.15, 0.2) is 0 Å². The van der Waals surface area contributed by atoms with Crippen LogP contribution in [0.3, 0.4) is 0 Å². The predicted octanol–water partition coefficient (Wildman–Crippen LogP) is 3.22. The Bertz CT molecular complexity index is 102. The Morgan fingerprint density at radius 2 is 1.69 bits per heavy atom. The van der Waals surface area contributed by atoms with Gasteiger partial charge in [0, 0.05) is 12.5 Å². The van der Waals surface area contributed by atoms with Crippen LogP contribution in [0.2, 0.25) is 0 Å². The normalized spacial score (nSPS) is 19.2. The molecule has 0 bridgehead atoms. The van der Waals surface area contributed by atoms with Crippen molar-refractivity contribution in [2.45, 2.75) is 54.9 Å². The number of hydrogen-bond acceptors (Lipinski definition) is 1. The SMILES string of the molecule is C.CC.CC.CC1CCCNC1=O.